The summed E-state index contributed by atoms with van der Waals surface area (Å²) in [5.74, 6) is 0.284. The van der Waals surface area contributed by atoms with Crippen LogP contribution in [0, 0.1) is 5.92 Å². The van der Waals surface area contributed by atoms with Crippen molar-refractivity contribution in [2.45, 2.75) is 39.7 Å². The molecule has 0 bridgehead atoms. The Hall–Kier alpha value is -1.29. The monoisotopic (exact) mass is 252 g/mol. The summed E-state index contributed by atoms with van der Waals surface area (Å²) in [6.45, 7) is 6.99. The molecule has 0 saturated carbocycles. The van der Waals surface area contributed by atoms with Crippen molar-refractivity contribution >= 4 is 5.91 Å². The standard InChI is InChI=1S/C14H24N2O2/c1-11(2)16-9-5-7-13(16)14(18)15-8-4-6-12(3)10-17/h5,7,9,11-12,17H,4,6,8,10H2,1-3H3,(H,15,18). The van der Waals surface area contributed by atoms with Gasteiger partial charge in [0.25, 0.3) is 5.91 Å². The third-order valence-corrected chi connectivity index (χ3v) is 3.04. The maximum Gasteiger partial charge on any atom is 0.267 e. The first-order chi connectivity index (χ1) is 8.56. The van der Waals surface area contributed by atoms with Crippen LogP contribution in [0.4, 0.5) is 0 Å². The molecule has 1 atom stereocenters. The van der Waals surface area contributed by atoms with Gasteiger partial charge in [-0.05, 0) is 44.7 Å². The van der Waals surface area contributed by atoms with Gasteiger partial charge in [0, 0.05) is 25.4 Å². The van der Waals surface area contributed by atoms with E-state index in [1.165, 1.54) is 0 Å². The molecule has 4 nitrogen and oxygen atoms in total. The topological polar surface area (TPSA) is 54.3 Å². The molecule has 18 heavy (non-hydrogen) atoms. The molecule has 0 aliphatic heterocycles. The van der Waals surface area contributed by atoms with Gasteiger partial charge in [-0.3, -0.25) is 4.79 Å². The minimum atomic E-state index is -0.0228. The number of nitrogens with one attached hydrogen (secondary N) is 1. The van der Waals surface area contributed by atoms with Crippen LogP contribution in [-0.2, 0) is 0 Å². The third kappa shape index (κ3) is 4.18. The van der Waals surface area contributed by atoms with Crippen molar-refractivity contribution in [1.29, 1.82) is 0 Å². The van der Waals surface area contributed by atoms with Crippen LogP contribution >= 0.6 is 0 Å². The molecular weight excluding hydrogens is 228 g/mol. The summed E-state index contributed by atoms with van der Waals surface area (Å²) >= 11 is 0. The zero-order chi connectivity index (χ0) is 13.5. The zero-order valence-electron chi connectivity index (χ0n) is 11.5. The number of hydrogen-bond acceptors (Lipinski definition) is 2. The number of aliphatic hydroxyl groups is 1. The molecule has 0 radical (unpaired) electrons. The summed E-state index contributed by atoms with van der Waals surface area (Å²) in [5.41, 5.74) is 0.709. The van der Waals surface area contributed by atoms with E-state index in [1.54, 1.807) is 0 Å². The second-order valence-electron chi connectivity index (χ2n) is 5.08. The highest BCUT2D eigenvalue weighted by molar-refractivity contribution is 5.92. The van der Waals surface area contributed by atoms with Gasteiger partial charge in [-0.25, -0.2) is 0 Å². The van der Waals surface area contributed by atoms with E-state index in [0.29, 0.717) is 18.2 Å². The summed E-state index contributed by atoms with van der Waals surface area (Å²) in [6.07, 6.45) is 3.76. The lowest BCUT2D eigenvalue weighted by Crippen LogP contribution is -2.27. The second kappa shape index (κ2) is 7.21. The van der Waals surface area contributed by atoms with E-state index in [1.807, 2.05) is 29.8 Å². The maximum absolute atomic E-state index is 12.0. The van der Waals surface area contributed by atoms with Crippen molar-refractivity contribution in [2.75, 3.05) is 13.2 Å². The third-order valence-electron chi connectivity index (χ3n) is 3.04. The number of nitrogens with zero attached hydrogens (tertiary/aromatic N) is 1. The smallest absolute Gasteiger partial charge is 0.267 e. The largest absolute Gasteiger partial charge is 0.396 e. The van der Waals surface area contributed by atoms with E-state index < -0.39 is 0 Å². The van der Waals surface area contributed by atoms with Crippen LogP contribution in [0.3, 0.4) is 0 Å². The molecule has 0 aliphatic rings. The minimum Gasteiger partial charge on any atom is -0.396 e. The minimum absolute atomic E-state index is 0.0228. The van der Waals surface area contributed by atoms with Gasteiger partial charge in [0.15, 0.2) is 0 Å². The van der Waals surface area contributed by atoms with Crippen LogP contribution in [0.5, 0.6) is 0 Å². The first kappa shape index (κ1) is 14.8. The first-order valence-electron chi connectivity index (χ1n) is 6.62. The Morgan fingerprint density at radius 3 is 2.78 bits per heavy atom. The number of amides is 1. The van der Waals surface area contributed by atoms with Crippen LogP contribution in [0.25, 0.3) is 0 Å². The highest BCUT2D eigenvalue weighted by Crippen LogP contribution is 2.10. The zero-order valence-corrected chi connectivity index (χ0v) is 11.5. The Morgan fingerprint density at radius 2 is 2.17 bits per heavy atom. The molecule has 1 amide bonds. The van der Waals surface area contributed by atoms with Crippen molar-refractivity contribution < 1.29 is 9.90 Å². The molecule has 0 aliphatic carbocycles. The lowest BCUT2D eigenvalue weighted by molar-refractivity contribution is 0.0941. The first-order valence-corrected chi connectivity index (χ1v) is 6.62. The Morgan fingerprint density at radius 1 is 1.44 bits per heavy atom. The predicted molar refractivity (Wildman–Crippen MR) is 72.6 cm³/mol. The molecule has 1 rings (SSSR count). The van der Waals surface area contributed by atoms with Gasteiger partial charge >= 0.3 is 0 Å². The van der Waals surface area contributed by atoms with E-state index in [9.17, 15) is 4.79 Å². The predicted octanol–water partition coefficient (Wildman–Crippen LogP) is 2.21. The number of rotatable bonds is 7. The Labute approximate surface area is 109 Å². The van der Waals surface area contributed by atoms with Gasteiger partial charge in [-0.1, -0.05) is 6.92 Å². The summed E-state index contributed by atoms with van der Waals surface area (Å²) in [5, 5.41) is 11.8. The fraction of sp³-hybridized carbons (Fsp3) is 0.643. The van der Waals surface area contributed by atoms with E-state index in [0.717, 1.165) is 12.8 Å². The summed E-state index contributed by atoms with van der Waals surface area (Å²) in [6, 6.07) is 4.02. The second-order valence-corrected chi connectivity index (χ2v) is 5.08. The van der Waals surface area contributed by atoms with Gasteiger partial charge < -0.3 is 15.0 Å². The number of aromatic nitrogens is 1. The molecule has 1 unspecified atom stereocenters. The number of carbonyl (C=O) groups is 1. The van der Waals surface area contributed by atoms with Gasteiger partial charge in [-0.15, -0.1) is 0 Å². The Balaban J connectivity index is 2.39. The summed E-state index contributed by atoms with van der Waals surface area (Å²) < 4.78 is 1.96. The van der Waals surface area contributed by atoms with Crippen molar-refractivity contribution in [3.8, 4) is 0 Å². The van der Waals surface area contributed by atoms with E-state index in [2.05, 4.69) is 19.2 Å². The molecule has 4 heteroatoms. The van der Waals surface area contributed by atoms with Gasteiger partial charge in [0.1, 0.15) is 5.69 Å². The molecule has 102 valence electrons. The lowest BCUT2D eigenvalue weighted by atomic mass is 10.1. The lowest BCUT2D eigenvalue weighted by Gasteiger charge is -2.13. The van der Waals surface area contributed by atoms with Gasteiger partial charge in [-0.2, -0.15) is 0 Å². The molecule has 1 heterocycles. The Bertz CT molecular complexity index is 372. The SMILES string of the molecule is CC(CO)CCCNC(=O)c1cccn1C(C)C. The highest BCUT2D eigenvalue weighted by atomic mass is 16.3. The number of aliphatic hydroxyl groups excluding tert-OH is 1. The van der Waals surface area contributed by atoms with Crippen LogP contribution in [-0.4, -0.2) is 28.7 Å². The van der Waals surface area contributed by atoms with Crippen LogP contribution in [0.2, 0.25) is 0 Å². The Kier molecular flexibility index (Phi) is 5.92. The molecule has 0 spiro atoms. The molecule has 2 N–H and O–H groups in total. The van der Waals surface area contributed by atoms with E-state index >= 15 is 0 Å². The fourth-order valence-corrected chi connectivity index (χ4v) is 1.87. The molecular formula is C14H24N2O2. The van der Waals surface area contributed by atoms with Crippen molar-refractivity contribution in [1.82, 2.24) is 9.88 Å². The van der Waals surface area contributed by atoms with Crippen molar-refractivity contribution in [3.05, 3.63) is 24.0 Å². The molecule has 1 aromatic heterocycles. The van der Waals surface area contributed by atoms with E-state index in [-0.39, 0.29) is 18.6 Å². The average molecular weight is 252 g/mol. The normalized spacial score (nSPS) is 12.7. The average Bonchev–Trinajstić information content (AvgIpc) is 2.83. The maximum atomic E-state index is 12.0. The number of hydrogen-bond donors (Lipinski definition) is 2. The molecule has 0 saturated heterocycles. The van der Waals surface area contributed by atoms with Gasteiger partial charge in [0.2, 0.25) is 0 Å². The van der Waals surface area contributed by atoms with Gasteiger partial charge in [0.05, 0.1) is 0 Å². The molecule has 0 aromatic carbocycles. The van der Waals surface area contributed by atoms with Crippen molar-refractivity contribution in [3.63, 3.8) is 0 Å². The number of carbonyl (C=O) groups excluding carboxylic acids is 1. The quantitative estimate of drug-likeness (QED) is 0.731. The highest BCUT2D eigenvalue weighted by Gasteiger charge is 2.11. The van der Waals surface area contributed by atoms with Crippen LogP contribution in [0.15, 0.2) is 18.3 Å². The van der Waals surface area contributed by atoms with E-state index in [4.69, 9.17) is 5.11 Å². The molecule has 0 fully saturated rings. The van der Waals surface area contributed by atoms with Crippen LogP contribution < -0.4 is 5.32 Å². The van der Waals surface area contributed by atoms with Crippen molar-refractivity contribution in [2.24, 2.45) is 5.92 Å². The van der Waals surface area contributed by atoms with Crippen LogP contribution in [0.1, 0.15) is 50.1 Å². The molecule has 1 aromatic rings. The summed E-state index contributed by atoms with van der Waals surface area (Å²) in [4.78, 5) is 12.0. The fourth-order valence-electron chi connectivity index (χ4n) is 1.87. The summed E-state index contributed by atoms with van der Waals surface area (Å²) in [7, 11) is 0.